The van der Waals surface area contributed by atoms with Gasteiger partial charge < -0.3 is 15.2 Å². The number of hydrogen-bond donors (Lipinski definition) is 2. The van der Waals surface area contributed by atoms with Crippen LogP contribution in [0.1, 0.15) is 28.8 Å². The fraction of sp³-hybridized carbons (Fsp3) is 0.226. The Morgan fingerprint density at radius 1 is 1.04 bits per heavy atom. The summed E-state index contributed by atoms with van der Waals surface area (Å²) in [6, 6.07) is 14.8. The van der Waals surface area contributed by atoms with Crippen molar-refractivity contribution in [1.29, 1.82) is 0 Å². The third kappa shape index (κ3) is 5.76. The molecule has 2 aliphatic rings. The first kappa shape index (κ1) is 31.7. The zero-order valence-electron chi connectivity index (χ0n) is 23.7. The van der Waals surface area contributed by atoms with Crippen molar-refractivity contribution >= 4 is 63.8 Å². The molecule has 15 heteroatoms. The number of rotatable bonds is 7. The number of halogens is 4. The number of alkyl halides is 3. The molecule has 1 saturated heterocycles. The Morgan fingerprint density at radius 2 is 1.78 bits per heavy atom. The molecule has 4 aromatic rings. The Balaban J connectivity index is 1.41. The van der Waals surface area contributed by atoms with Crippen LogP contribution >= 0.6 is 34.7 Å². The van der Waals surface area contributed by atoms with E-state index in [0.717, 1.165) is 50.8 Å². The number of imide groups is 1. The zero-order valence-corrected chi connectivity index (χ0v) is 26.1. The number of phenols is 1. The van der Waals surface area contributed by atoms with Crippen LogP contribution in [-0.4, -0.2) is 39.3 Å². The first-order chi connectivity index (χ1) is 21.9. The van der Waals surface area contributed by atoms with E-state index in [0.29, 0.717) is 21.2 Å². The van der Waals surface area contributed by atoms with Crippen LogP contribution in [0, 0.1) is 5.92 Å². The van der Waals surface area contributed by atoms with E-state index in [-0.39, 0.29) is 28.8 Å². The van der Waals surface area contributed by atoms with Gasteiger partial charge in [-0.2, -0.15) is 13.2 Å². The molecular weight excluding hydrogens is 667 g/mol. The Bertz CT molecular complexity index is 1930. The van der Waals surface area contributed by atoms with Gasteiger partial charge in [0.05, 0.1) is 28.8 Å². The lowest BCUT2D eigenvalue weighted by Gasteiger charge is -2.31. The minimum atomic E-state index is -4.62. The summed E-state index contributed by atoms with van der Waals surface area (Å²) in [4.78, 5) is 55.3. The van der Waals surface area contributed by atoms with Gasteiger partial charge in [-0.15, -0.1) is 0 Å². The quantitative estimate of drug-likeness (QED) is 0.225. The Hall–Kier alpha value is -4.27. The third-order valence-corrected chi connectivity index (χ3v) is 10.4. The van der Waals surface area contributed by atoms with Gasteiger partial charge in [0.25, 0.3) is 0 Å². The molecule has 3 aromatic carbocycles. The molecule has 3 amide bonds. The van der Waals surface area contributed by atoms with E-state index in [4.69, 9.17) is 16.3 Å². The summed E-state index contributed by atoms with van der Waals surface area (Å²) in [5.41, 5.74) is -0.242. The van der Waals surface area contributed by atoms with Crippen LogP contribution in [0.25, 0.3) is 0 Å². The van der Waals surface area contributed by atoms with E-state index in [1.807, 2.05) is 0 Å². The van der Waals surface area contributed by atoms with Gasteiger partial charge in [-0.1, -0.05) is 46.8 Å². The first-order valence-electron chi connectivity index (χ1n) is 13.8. The number of thiazole rings is 1. The summed E-state index contributed by atoms with van der Waals surface area (Å²) in [6.45, 7) is 1.42. The van der Waals surface area contributed by atoms with Crippen LogP contribution in [0.5, 0.6) is 11.5 Å². The number of nitrogens with zero attached hydrogens (tertiary/aromatic N) is 2. The number of hydrogen-bond acceptors (Lipinski definition) is 8. The van der Waals surface area contributed by atoms with Gasteiger partial charge in [0.1, 0.15) is 11.8 Å². The largest absolute Gasteiger partial charge is 0.504 e. The van der Waals surface area contributed by atoms with Crippen molar-refractivity contribution in [2.24, 2.45) is 5.92 Å². The van der Waals surface area contributed by atoms with E-state index in [9.17, 15) is 37.5 Å². The number of fused-ring (bicyclic) bond motifs is 2. The number of phenolic OH excluding ortho intramolecular Hbond substituents is 1. The molecular formula is C31H23ClF3N3O6S2. The molecule has 0 aliphatic carbocycles. The SMILES string of the molecule is CCOc1cc([C@@H]2c3sc(=O)n(CC(=O)Nc4cccc(C(F)(F)F)c4)c3SC3C(=O)N(c4ccc(Cl)cc4)C(=O)C32)ccc1O. The monoisotopic (exact) mass is 689 g/mol. The maximum Gasteiger partial charge on any atom is 0.416 e. The summed E-state index contributed by atoms with van der Waals surface area (Å²) in [5.74, 6) is -3.57. The van der Waals surface area contributed by atoms with Crippen LogP contribution in [0.4, 0.5) is 24.5 Å². The molecule has 0 bridgehead atoms. The Morgan fingerprint density at radius 3 is 2.48 bits per heavy atom. The molecule has 1 aromatic heterocycles. The van der Waals surface area contributed by atoms with Gasteiger partial charge in [-0.3, -0.25) is 23.7 Å². The summed E-state index contributed by atoms with van der Waals surface area (Å²) >= 11 is 7.82. The van der Waals surface area contributed by atoms with Crippen molar-refractivity contribution in [2.45, 2.75) is 35.8 Å². The number of thioether (sulfide) groups is 1. The smallest absolute Gasteiger partial charge is 0.416 e. The van der Waals surface area contributed by atoms with Crippen molar-refractivity contribution in [1.82, 2.24) is 4.57 Å². The molecule has 6 rings (SSSR count). The Kier molecular flexibility index (Phi) is 8.38. The summed E-state index contributed by atoms with van der Waals surface area (Å²) in [5, 5.41) is 12.5. The second kappa shape index (κ2) is 12.2. The third-order valence-electron chi connectivity index (χ3n) is 7.55. The van der Waals surface area contributed by atoms with Gasteiger partial charge in [-0.05, 0) is 67.1 Å². The second-order valence-corrected chi connectivity index (χ2v) is 13.0. The van der Waals surface area contributed by atoms with Crippen LogP contribution in [0.3, 0.4) is 0 Å². The maximum absolute atomic E-state index is 14.0. The summed E-state index contributed by atoms with van der Waals surface area (Å²) < 4.78 is 46.3. The van der Waals surface area contributed by atoms with Crippen LogP contribution in [-0.2, 0) is 27.1 Å². The molecule has 1 fully saturated rings. The number of carbonyl (C=O) groups excluding carboxylic acids is 3. The van der Waals surface area contributed by atoms with Gasteiger partial charge in [0.15, 0.2) is 11.5 Å². The number of anilines is 2. The average molecular weight is 690 g/mol. The highest BCUT2D eigenvalue weighted by Gasteiger charge is 2.57. The summed E-state index contributed by atoms with van der Waals surface area (Å²) in [6.07, 6.45) is -4.62. The maximum atomic E-state index is 14.0. The number of nitrogens with one attached hydrogen (secondary N) is 1. The molecule has 46 heavy (non-hydrogen) atoms. The van der Waals surface area contributed by atoms with Crippen LogP contribution in [0.15, 0.2) is 76.6 Å². The van der Waals surface area contributed by atoms with Crippen molar-refractivity contribution < 1.29 is 37.4 Å². The molecule has 2 aliphatic heterocycles. The molecule has 0 spiro atoms. The number of amides is 3. The highest BCUT2D eigenvalue weighted by Crippen LogP contribution is 2.54. The molecule has 2 unspecified atom stereocenters. The van der Waals surface area contributed by atoms with Gasteiger partial charge in [0, 0.05) is 21.5 Å². The molecule has 3 heterocycles. The van der Waals surface area contributed by atoms with Gasteiger partial charge >= 0.3 is 11.0 Å². The normalized spacial score (nSPS) is 19.2. The number of carbonyl (C=O) groups is 3. The van der Waals surface area contributed by atoms with E-state index < -0.39 is 58.0 Å². The highest BCUT2D eigenvalue weighted by atomic mass is 35.5. The van der Waals surface area contributed by atoms with Crippen molar-refractivity contribution in [3.8, 4) is 11.5 Å². The second-order valence-electron chi connectivity index (χ2n) is 10.4. The van der Waals surface area contributed by atoms with Gasteiger partial charge in [-0.25, -0.2) is 4.90 Å². The lowest BCUT2D eigenvalue weighted by Crippen LogP contribution is -2.33. The van der Waals surface area contributed by atoms with E-state index in [2.05, 4.69) is 5.32 Å². The number of benzene rings is 3. The number of aromatic nitrogens is 1. The van der Waals surface area contributed by atoms with Crippen molar-refractivity contribution in [2.75, 3.05) is 16.8 Å². The predicted molar refractivity (Wildman–Crippen MR) is 167 cm³/mol. The zero-order chi connectivity index (χ0) is 32.9. The highest BCUT2D eigenvalue weighted by molar-refractivity contribution is 8.00. The minimum Gasteiger partial charge on any atom is -0.504 e. The molecule has 0 saturated carbocycles. The lowest BCUT2D eigenvalue weighted by molar-refractivity contribution is -0.137. The topological polar surface area (TPSA) is 118 Å². The molecule has 2 N–H and O–H groups in total. The molecule has 238 valence electrons. The average Bonchev–Trinajstić information content (AvgIpc) is 3.45. The Labute approximate surface area is 272 Å². The molecule has 0 radical (unpaired) electrons. The number of ether oxygens (including phenoxy) is 1. The minimum absolute atomic E-state index is 0.106. The van der Waals surface area contributed by atoms with Gasteiger partial charge in [0.2, 0.25) is 17.7 Å². The number of aromatic hydroxyl groups is 1. The molecule has 3 atom stereocenters. The standard InChI is InChI=1S/C31H23ClF3N3O6S2/c1-2-44-21-12-15(6-11-20(21)39)23-24-25(28(42)38(27(24)41)19-9-7-17(32)8-10-19)45-29-26(23)46-30(43)37(29)14-22(40)36-18-5-3-4-16(13-18)31(33,34)35/h3-13,23-25,39H,2,14H2,1H3,(H,36,40)/t23-,24?,25?/m0/s1. The van der Waals surface area contributed by atoms with E-state index >= 15 is 0 Å². The van der Waals surface area contributed by atoms with Crippen molar-refractivity contribution in [3.05, 3.63) is 97.4 Å². The fourth-order valence-corrected chi connectivity index (χ4v) is 8.47. The summed E-state index contributed by atoms with van der Waals surface area (Å²) in [7, 11) is 0. The lowest BCUT2D eigenvalue weighted by atomic mass is 9.83. The van der Waals surface area contributed by atoms with E-state index in [1.54, 1.807) is 43.3 Å². The molecule has 9 nitrogen and oxygen atoms in total. The fourth-order valence-electron chi connectivity index (χ4n) is 5.57. The first-order valence-corrected chi connectivity index (χ1v) is 15.9. The predicted octanol–water partition coefficient (Wildman–Crippen LogP) is 6.12. The van der Waals surface area contributed by atoms with Crippen molar-refractivity contribution in [3.63, 3.8) is 0 Å². The van der Waals surface area contributed by atoms with Crippen LogP contribution in [0.2, 0.25) is 5.02 Å². The van der Waals surface area contributed by atoms with Crippen LogP contribution < -0.4 is 19.8 Å². The van der Waals surface area contributed by atoms with E-state index in [1.165, 1.54) is 12.1 Å².